The lowest BCUT2D eigenvalue weighted by Gasteiger charge is -1.94. The molecular weight excluding hydrogens is 408 g/mol. The van der Waals surface area contributed by atoms with E-state index in [0.29, 0.717) is 0 Å². The van der Waals surface area contributed by atoms with Crippen molar-refractivity contribution in [2.45, 2.75) is 27.7 Å². The molecule has 2 aliphatic carbocycles. The predicted octanol–water partition coefficient (Wildman–Crippen LogP) is 4.89. The van der Waals surface area contributed by atoms with Gasteiger partial charge in [0.25, 0.3) is 0 Å². The van der Waals surface area contributed by atoms with E-state index in [1.807, 2.05) is 12.2 Å². The monoisotopic (exact) mass is 424 g/mol. The summed E-state index contributed by atoms with van der Waals surface area (Å²) in [5.41, 5.74) is 4.13. The SMILES string of the molecule is Brc1cnc2c(n1)C=CC2.Brc1cnc2c(n1)C=CC2.C.C. The van der Waals surface area contributed by atoms with Crippen LogP contribution < -0.4 is 0 Å². The van der Waals surface area contributed by atoms with Crippen LogP contribution in [0, 0.1) is 0 Å². The summed E-state index contributed by atoms with van der Waals surface area (Å²) in [6.45, 7) is 0. The molecule has 4 nitrogen and oxygen atoms in total. The van der Waals surface area contributed by atoms with E-state index in [4.69, 9.17) is 0 Å². The maximum atomic E-state index is 4.22. The average molecular weight is 426 g/mol. The Morgan fingerprint density at radius 3 is 1.55 bits per heavy atom. The standard InChI is InChI=1S/2C7H5BrN2.2CH4/c2*8-7-4-9-5-2-1-3-6(5)10-7;;/h2*1,3-4H,2H2;2*1H4. The van der Waals surface area contributed by atoms with Gasteiger partial charge in [-0.15, -0.1) is 0 Å². The molecule has 22 heavy (non-hydrogen) atoms. The summed E-state index contributed by atoms with van der Waals surface area (Å²) in [5.74, 6) is 0. The number of aromatic nitrogens is 4. The maximum Gasteiger partial charge on any atom is 0.125 e. The molecule has 2 heterocycles. The van der Waals surface area contributed by atoms with Crippen LogP contribution in [0.2, 0.25) is 0 Å². The Morgan fingerprint density at radius 1 is 0.727 bits per heavy atom. The number of nitrogens with zero attached hydrogens (tertiary/aromatic N) is 4. The van der Waals surface area contributed by atoms with Gasteiger partial charge in [-0.25, -0.2) is 9.97 Å². The first-order valence-corrected chi connectivity index (χ1v) is 7.67. The molecule has 4 rings (SSSR count). The highest BCUT2D eigenvalue weighted by atomic mass is 79.9. The van der Waals surface area contributed by atoms with Crippen molar-refractivity contribution in [3.8, 4) is 0 Å². The van der Waals surface area contributed by atoms with E-state index < -0.39 is 0 Å². The molecule has 0 saturated carbocycles. The molecule has 2 aliphatic rings. The van der Waals surface area contributed by atoms with Gasteiger partial charge in [-0.2, -0.15) is 0 Å². The summed E-state index contributed by atoms with van der Waals surface area (Å²) in [4.78, 5) is 16.8. The van der Waals surface area contributed by atoms with E-state index in [-0.39, 0.29) is 14.9 Å². The number of halogens is 2. The summed E-state index contributed by atoms with van der Waals surface area (Å²) >= 11 is 6.51. The van der Waals surface area contributed by atoms with Crippen LogP contribution >= 0.6 is 31.9 Å². The van der Waals surface area contributed by atoms with Gasteiger partial charge in [0.2, 0.25) is 0 Å². The smallest absolute Gasteiger partial charge is 0.125 e. The van der Waals surface area contributed by atoms with Gasteiger partial charge in [-0.05, 0) is 44.0 Å². The van der Waals surface area contributed by atoms with Crippen LogP contribution in [0.3, 0.4) is 0 Å². The minimum absolute atomic E-state index is 0. The zero-order valence-corrected chi connectivity index (χ0v) is 13.6. The Kier molecular flexibility index (Phi) is 7.03. The molecule has 0 N–H and O–H groups in total. The number of rotatable bonds is 0. The fraction of sp³-hybridized carbons (Fsp3) is 0.250. The first-order chi connectivity index (χ1) is 9.72. The van der Waals surface area contributed by atoms with Crippen LogP contribution in [0.4, 0.5) is 0 Å². The molecule has 2 aromatic heterocycles. The van der Waals surface area contributed by atoms with Crippen molar-refractivity contribution in [1.29, 1.82) is 0 Å². The highest BCUT2D eigenvalue weighted by molar-refractivity contribution is 9.10. The van der Waals surface area contributed by atoms with E-state index in [0.717, 1.165) is 44.8 Å². The van der Waals surface area contributed by atoms with Gasteiger partial charge in [-0.3, -0.25) is 9.97 Å². The van der Waals surface area contributed by atoms with Crippen molar-refractivity contribution in [1.82, 2.24) is 19.9 Å². The lowest BCUT2D eigenvalue weighted by atomic mass is 10.3. The third-order valence-corrected chi connectivity index (χ3v) is 3.64. The zero-order valence-electron chi connectivity index (χ0n) is 10.4. The van der Waals surface area contributed by atoms with E-state index >= 15 is 0 Å². The lowest BCUT2D eigenvalue weighted by molar-refractivity contribution is 1.05. The minimum Gasteiger partial charge on any atom is -0.256 e. The van der Waals surface area contributed by atoms with Crippen LogP contribution in [-0.2, 0) is 12.8 Å². The molecule has 0 aromatic carbocycles. The molecule has 0 radical (unpaired) electrons. The molecule has 0 fully saturated rings. The second kappa shape index (κ2) is 8.29. The summed E-state index contributed by atoms with van der Waals surface area (Å²) in [7, 11) is 0. The second-order valence-electron chi connectivity index (χ2n) is 4.26. The fourth-order valence-electron chi connectivity index (χ4n) is 1.96. The molecule has 0 atom stereocenters. The predicted molar refractivity (Wildman–Crippen MR) is 98.4 cm³/mol. The molecule has 6 heteroatoms. The molecular formula is C16H18Br2N4. The highest BCUT2D eigenvalue weighted by Gasteiger charge is 2.07. The number of hydrogen-bond donors (Lipinski definition) is 0. The van der Waals surface area contributed by atoms with Gasteiger partial charge in [-0.1, -0.05) is 27.0 Å². The Hall–Kier alpha value is -1.40. The summed E-state index contributed by atoms with van der Waals surface area (Å²) in [5, 5.41) is 0. The van der Waals surface area contributed by atoms with Crippen molar-refractivity contribution < 1.29 is 0 Å². The molecule has 0 spiro atoms. The molecule has 0 saturated heterocycles. The Labute approximate surface area is 148 Å². The minimum atomic E-state index is 0. The van der Waals surface area contributed by atoms with Crippen molar-refractivity contribution >= 4 is 44.0 Å². The van der Waals surface area contributed by atoms with E-state index in [2.05, 4.69) is 63.9 Å². The Morgan fingerprint density at radius 2 is 1.14 bits per heavy atom. The van der Waals surface area contributed by atoms with Gasteiger partial charge < -0.3 is 0 Å². The largest absolute Gasteiger partial charge is 0.256 e. The van der Waals surface area contributed by atoms with Crippen molar-refractivity contribution in [2.75, 3.05) is 0 Å². The number of hydrogen-bond acceptors (Lipinski definition) is 4. The average Bonchev–Trinajstić information content (AvgIpc) is 3.06. The molecule has 116 valence electrons. The molecule has 0 aliphatic heterocycles. The van der Waals surface area contributed by atoms with Crippen molar-refractivity contribution in [2.24, 2.45) is 0 Å². The third kappa shape index (κ3) is 4.30. The van der Waals surface area contributed by atoms with Crippen LogP contribution in [-0.4, -0.2) is 19.9 Å². The highest BCUT2D eigenvalue weighted by Crippen LogP contribution is 2.17. The van der Waals surface area contributed by atoms with Crippen LogP contribution in [0.15, 0.2) is 33.8 Å². The first kappa shape index (κ1) is 18.6. The number of fused-ring (bicyclic) bond motifs is 2. The zero-order chi connectivity index (χ0) is 13.9. The first-order valence-electron chi connectivity index (χ1n) is 6.08. The quantitative estimate of drug-likeness (QED) is 0.602. The van der Waals surface area contributed by atoms with Crippen LogP contribution in [0.5, 0.6) is 0 Å². The molecule has 0 amide bonds. The normalized spacial score (nSPS) is 12.5. The van der Waals surface area contributed by atoms with Crippen molar-refractivity contribution in [3.05, 3.63) is 56.5 Å². The fourth-order valence-corrected chi connectivity index (χ4v) is 2.54. The van der Waals surface area contributed by atoms with Gasteiger partial charge >= 0.3 is 0 Å². The van der Waals surface area contributed by atoms with Gasteiger partial charge in [0.15, 0.2) is 0 Å². The summed E-state index contributed by atoms with van der Waals surface area (Å²) in [6, 6.07) is 0. The summed E-state index contributed by atoms with van der Waals surface area (Å²) < 4.78 is 1.61. The van der Waals surface area contributed by atoms with Crippen LogP contribution in [0.1, 0.15) is 37.6 Å². The van der Waals surface area contributed by atoms with Crippen LogP contribution in [0.25, 0.3) is 12.2 Å². The second-order valence-corrected chi connectivity index (χ2v) is 5.89. The third-order valence-electron chi connectivity index (χ3n) is 2.87. The van der Waals surface area contributed by atoms with Gasteiger partial charge in [0.05, 0.1) is 35.2 Å². The lowest BCUT2D eigenvalue weighted by Crippen LogP contribution is -1.90. The van der Waals surface area contributed by atoms with E-state index in [1.54, 1.807) is 12.4 Å². The topological polar surface area (TPSA) is 51.6 Å². The van der Waals surface area contributed by atoms with E-state index in [1.165, 1.54) is 0 Å². The molecule has 0 unspecified atom stereocenters. The summed E-state index contributed by atoms with van der Waals surface area (Å²) in [6.07, 6.45) is 13.4. The van der Waals surface area contributed by atoms with Crippen molar-refractivity contribution in [3.63, 3.8) is 0 Å². The molecule has 2 aromatic rings. The Balaban J connectivity index is 0.000000202. The number of allylic oxidation sites excluding steroid dienone is 2. The van der Waals surface area contributed by atoms with E-state index in [9.17, 15) is 0 Å². The van der Waals surface area contributed by atoms with Gasteiger partial charge in [0.1, 0.15) is 9.21 Å². The van der Waals surface area contributed by atoms with Gasteiger partial charge in [0, 0.05) is 12.8 Å². The maximum absolute atomic E-state index is 4.22. The molecule has 0 bridgehead atoms. The Bertz CT molecular complexity index is 650.